The Morgan fingerprint density at radius 3 is 2.34 bits per heavy atom. The molecule has 182 valence electrons. The van der Waals surface area contributed by atoms with Gasteiger partial charge in [-0.1, -0.05) is 29.3 Å². The Balaban J connectivity index is 1.60. The van der Waals surface area contributed by atoms with E-state index in [1.165, 1.54) is 0 Å². The summed E-state index contributed by atoms with van der Waals surface area (Å²) in [5.74, 6) is 1.98. The smallest absolute Gasteiger partial charge is 0.241 e. The fourth-order valence-electron chi connectivity index (χ4n) is 4.79. The fraction of sp³-hybridized carbons (Fsp3) is 0.292. The van der Waals surface area contributed by atoms with E-state index in [0.29, 0.717) is 45.2 Å². The van der Waals surface area contributed by atoms with E-state index in [2.05, 4.69) is 15.4 Å². The van der Waals surface area contributed by atoms with Gasteiger partial charge in [0.15, 0.2) is 17.3 Å². The van der Waals surface area contributed by atoms with Crippen molar-refractivity contribution in [3.63, 3.8) is 0 Å². The summed E-state index contributed by atoms with van der Waals surface area (Å²) in [6.07, 6.45) is 0.848. The number of nitrogens with zero attached hydrogens (tertiary/aromatic N) is 3. The van der Waals surface area contributed by atoms with Crippen molar-refractivity contribution in [3.8, 4) is 17.2 Å². The molecule has 11 heteroatoms. The van der Waals surface area contributed by atoms with Crippen LogP contribution >= 0.6 is 23.2 Å². The van der Waals surface area contributed by atoms with E-state index in [1.54, 1.807) is 38.1 Å². The molecule has 1 aromatic heterocycles. The van der Waals surface area contributed by atoms with Gasteiger partial charge in [-0.25, -0.2) is 4.68 Å². The van der Waals surface area contributed by atoms with Crippen LogP contribution < -0.4 is 25.3 Å². The number of aromatic nitrogens is 3. The number of fused-ring (bicyclic) bond motifs is 1. The maximum atomic E-state index is 13.7. The molecule has 2 heterocycles. The minimum Gasteiger partial charge on any atom is -0.493 e. The summed E-state index contributed by atoms with van der Waals surface area (Å²) in [7, 11) is 4.68. The van der Waals surface area contributed by atoms with Gasteiger partial charge in [-0.3, -0.25) is 4.79 Å². The van der Waals surface area contributed by atoms with Crippen molar-refractivity contribution in [3.05, 3.63) is 62.8 Å². The Morgan fingerprint density at radius 1 is 1.00 bits per heavy atom. The van der Waals surface area contributed by atoms with Gasteiger partial charge in [-0.05, 0) is 47.7 Å². The molecule has 5 rings (SSSR count). The molecule has 0 spiro atoms. The number of anilines is 2. The van der Waals surface area contributed by atoms with Gasteiger partial charge in [-0.2, -0.15) is 4.98 Å². The minimum atomic E-state index is -0.533. The number of allylic oxidation sites excluding steroid dienone is 2. The van der Waals surface area contributed by atoms with E-state index in [-0.39, 0.29) is 24.1 Å². The molecule has 0 saturated heterocycles. The zero-order chi connectivity index (χ0) is 24.9. The number of Topliss-reactive ketones (excluding diaryl/α,β-unsaturated/α-hetero) is 1. The highest BCUT2D eigenvalue weighted by atomic mass is 35.5. The average Bonchev–Trinajstić information content (AvgIpc) is 3.22. The fourth-order valence-corrected chi connectivity index (χ4v) is 5.10. The Kier molecular flexibility index (Phi) is 5.98. The Labute approximate surface area is 211 Å². The molecule has 2 atom stereocenters. The molecule has 2 aliphatic rings. The largest absolute Gasteiger partial charge is 0.493 e. The number of methoxy groups -OCH3 is 3. The van der Waals surface area contributed by atoms with Gasteiger partial charge >= 0.3 is 0 Å². The van der Waals surface area contributed by atoms with Gasteiger partial charge in [0.1, 0.15) is 6.04 Å². The van der Waals surface area contributed by atoms with E-state index in [0.717, 1.165) is 16.8 Å². The third-order valence-electron chi connectivity index (χ3n) is 6.35. The standard InChI is InChI=1S/C24H23Cl2N5O4/c1-33-18-9-13(10-19(34-2)22(18)35-3)12-7-16-20(17(32)8-12)21(11-4-5-14(25)15(26)6-11)31-24(28-16)29-23(27)30-31/h4-6,9-10,12,21H,7-8H2,1-3H3,(H3,27,28,29,30)/t12-,21-/m0/s1. The molecule has 0 fully saturated rings. The number of benzene rings is 2. The van der Waals surface area contributed by atoms with Gasteiger partial charge in [0.25, 0.3) is 0 Å². The molecule has 0 amide bonds. The number of hydrogen-bond acceptors (Lipinski definition) is 8. The maximum absolute atomic E-state index is 13.7. The lowest BCUT2D eigenvalue weighted by molar-refractivity contribution is -0.116. The summed E-state index contributed by atoms with van der Waals surface area (Å²) >= 11 is 12.4. The van der Waals surface area contributed by atoms with Crippen LogP contribution in [0.25, 0.3) is 0 Å². The number of rotatable bonds is 5. The highest BCUT2D eigenvalue weighted by molar-refractivity contribution is 6.42. The number of hydrogen-bond donors (Lipinski definition) is 2. The van der Waals surface area contributed by atoms with Gasteiger partial charge in [0.2, 0.25) is 17.6 Å². The average molecular weight is 516 g/mol. The normalized spacial score (nSPS) is 19.1. The predicted octanol–water partition coefficient (Wildman–Crippen LogP) is 4.61. The number of carbonyl (C=O) groups is 1. The van der Waals surface area contributed by atoms with Crippen molar-refractivity contribution in [1.29, 1.82) is 0 Å². The molecular weight excluding hydrogens is 493 g/mol. The molecule has 3 N–H and O–H groups in total. The summed E-state index contributed by atoms with van der Waals surface area (Å²) in [5, 5.41) is 8.43. The topological polar surface area (TPSA) is 114 Å². The molecule has 1 aliphatic carbocycles. The van der Waals surface area contributed by atoms with Gasteiger partial charge in [0.05, 0.1) is 31.4 Å². The predicted molar refractivity (Wildman–Crippen MR) is 133 cm³/mol. The van der Waals surface area contributed by atoms with Crippen LogP contribution in [-0.2, 0) is 4.79 Å². The first-order valence-electron chi connectivity index (χ1n) is 10.8. The van der Waals surface area contributed by atoms with Crippen molar-refractivity contribution < 1.29 is 19.0 Å². The Bertz CT molecular complexity index is 1340. The number of ether oxygens (including phenoxy) is 3. The lowest BCUT2D eigenvalue weighted by atomic mass is 9.77. The van der Waals surface area contributed by atoms with Gasteiger partial charge < -0.3 is 25.3 Å². The second-order valence-corrected chi connectivity index (χ2v) is 9.13. The van der Waals surface area contributed by atoms with Crippen molar-refractivity contribution in [1.82, 2.24) is 14.8 Å². The zero-order valence-corrected chi connectivity index (χ0v) is 20.8. The number of carbonyl (C=O) groups excluding carboxylic acids is 1. The summed E-state index contributed by atoms with van der Waals surface area (Å²) in [4.78, 5) is 18.0. The van der Waals surface area contributed by atoms with Gasteiger partial charge in [0, 0.05) is 17.7 Å². The summed E-state index contributed by atoms with van der Waals surface area (Å²) in [5.41, 5.74) is 8.94. The molecule has 2 aromatic carbocycles. The number of nitrogens with one attached hydrogen (secondary N) is 1. The van der Waals surface area contributed by atoms with Crippen LogP contribution in [0.5, 0.6) is 17.2 Å². The first-order valence-corrected chi connectivity index (χ1v) is 11.6. The van der Waals surface area contributed by atoms with E-state index in [4.69, 9.17) is 43.1 Å². The molecule has 1 aliphatic heterocycles. The molecule has 0 bridgehead atoms. The lowest BCUT2D eigenvalue weighted by Gasteiger charge is -2.35. The molecule has 3 aromatic rings. The van der Waals surface area contributed by atoms with E-state index in [1.807, 2.05) is 18.2 Å². The van der Waals surface area contributed by atoms with Gasteiger partial charge in [-0.15, -0.1) is 5.10 Å². The van der Waals surface area contributed by atoms with Crippen molar-refractivity contribution in [2.75, 3.05) is 32.4 Å². The van der Waals surface area contributed by atoms with Crippen LogP contribution in [0, 0.1) is 0 Å². The van der Waals surface area contributed by atoms with Crippen LogP contribution in [-0.4, -0.2) is 41.9 Å². The molecule has 0 saturated carbocycles. The highest BCUT2D eigenvalue weighted by Gasteiger charge is 2.40. The number of halogens is 2. The van der Waals surface area contributed by atoms with Crippen molar-refractivity contribution in [2.45, 2.75) is 24.8 Å². The third-order valence-corrected chi connectivity index (χ3v) is 7.09. The SMILES string of the molecule is COc1cc([C@@H]2CC(=O)C3=C(C2)Nc2nc(N)nn2[C@H]3c2ccc(Cl)c(Cl)c2)cc(OC)c1OC. The minimum absolute atomic E-state index is 0.0201. The monoisotopic (exact) mass is 515 g/mol. The van der Waals surface area contributed by atoms with E-state index >= 15 is 0 Å². The van der Waals surface area contributed by atoms with Crippen LogP contribution in [0.3, 0.4) is 0 Å². The number of nitrogen functional groups attached to an aromatic ring is 1. The van der Waals surface area contributed by atoms with Crippen LogP contribution in [0.1, 0.15) is 35.9 Å². The molecule has 0 radical (unpaired) electrons. The van der Waals surface area contributed by atoms with E-state index < -0.39 is 6.04 Å². The zero-order valence-electron chi connectivity index (χ0n) is 19.3. The van der Waals surface area contributed by atoms with Crippen LogP contribution in [0.2, 0.25) is 10.0 Å². The molecule has 0 unspecified atom stereocenters. The summed E-state index contributed by atoms with van der Waals surface area (Å²) in [6.45, 7) is 0. The second kappa shape index (κ2) is 8.98. The molecule has 35 heavy (non-hydrogen) atoms. The van der Waals surface area contributed by atoms with Crippen LogP contribution in [0.15, 0.2) is 41.6 Å². The Morgan fingerprint density at radius 2 is 1.71 bits per heavy atom. The van der Waals surface area contributed by atoms with Crippen LogP contribution in [0.4, 0.5) is 11.9 Å². The van der Waals surface area contributed by atoms with Crippen molar-refractivity contribution >= 4 is 40.9 Å². The third kappa shape index (κ3) is 3.94. The quantitative estimate of drug-likeness (QED) is 0.506. The Hall–Kier alpha value is -3.43. The summed E-state index contributed by atoms with van der Waals surface area (Å²) < 4.78 is 18.1. The van der Waals surface area contributed by atoms with E-state index in [9.17, 15) is 4.79 Å². The molecular formula is C24H23Cl2N5O4. The summed E-state index contributed by atoms with van der Waals surface area (Å²) in [6, 6.07) is 8.50. The first kappa shape index (κ1) is 23.3. The second-order valence-electron chi connectivity index (χ2n) is 8.32. The first-order chi connectivity index (χ1) is 16.8. The molecule has 9 nitrogen and oxygen atoms in total. The van der Waals surface area contributed by atoms with Crippen molar-refractivity contribution in [2.24, 2.45) is 0 Å². The number of ketones is 1. The number of nitrogens with two attached hydrogens (primary N) is 1. The highest BCUT2D eigenvalue weighted by Crippen LogP contribution is 2.47. The maximum Gasteiger partial charge on any atom is 0.241 e. The lowest BCUT2D eigenvalue weighted by Crippen LogP contribution is -2.33.